The van der Waals surface area contributed by atoms with E-state index in [1.165, 1.54) is 9.87 Å². The Morgan fingerprint density at radius 3 is 2.21 bits per heavy atom. The molecule has 0 radical (unpaired) electrons. The molecule has 2 aromatic rings. The lowest BCUT2D eigenvalue weighted by Gasteiger charge is -2.36. The number of carbonyl (C=O) groups excluding carboxylic acids is 2. The van der Waals surface area contributed by atoms with Crippen LogP contribution in [0.25, 0.3) is 0 Å². The van der Waals surface area contributed by atoms with E-state index in [-0.39, 0.29) is 5.91 Å². The summed E-state index contributed by atoms with van der Waals surface area (Å²) in [7, 11) is -3.56. The molecule has 0 saturated carbocycles. The summed E-state index contributed by atoms with van der Waals surface area (Å²) in [6, 6.07) is 11.5. The van der Waals surface area contributed by atoms with Crippen molar-refractivity contribution in [3.05, 3.63) is 59.2 Å². The molecule has 1 heterocycles. The summed E-state index contributed by atoms with van der Waals surface area (Å²) >= 11 is 0. The number of piperazine rings is 1. The van der Waals surface area contributed by atoms with E-state index in [2.05, 4.69) is 5.32 Å². The van der Waals surface area contributed by atoms with Crippen LogP contribution in [-0.2, 0) is 27.7 Å². The Labute approximate surface area is 194 Å². The van der Waals surface area contributed by atoms with Crippen LogP contribution in [0.15, 0.2) is 47.4 Å². The van der Waals surface area contributed by atoms with Crippen molar-refractivity contribution in [2.24, 2.45) is 5.73 Å². The number of nitrogens with zero attached hydrogens (tertiary/aromatic N) is 2. The van der Waals surface area contributed by atoms with Crippen LogP contribution in [0.2, 0.25) is 0 Å². The maximum Gasteiger partial charge on any atom is 0.248 e. The molecular formula is C24H30N4O4S. The second kappa shape index (κ2) is 9.62. The van der Waals surface area contributed by atoms with Gasteiger partial charge in [-0.3, -0.25) is 14.5 Å². The van der Waals surface area contributed by atoms with Gasteiger partial charge >= 0.3 is 0 Å². The van der Waals surface area contributed by atoms with E-state index >= 15 is 0 Å². The highest BCUT2D eigenvalue weighted by Crippen LogP contribution is 2.26. The van der Waals surface area contributed by atoms with Gasteiger partial charge in [0.05, 0.1) is 10.9 Å². The van der Waals surface area contributed by atoms with Crippen LogP contribution in [0.1, 0.15) is 41.3 Å². The summed E-state index contributed by atoms with van der Waals surface area (Å²) < 4.78 is 27.9. The molecule has 2 aromatic carbocycles. The maximum absolute atomic E-state index is 13.2. The second-order valence-electron chi connectivity index (χ2n) is 8.68. The van der Waals surface area contributed by atoms with Crippen LogP contribution in [0.5, 0.6) is 0 Å². The van der Waals surface area contributed by atoms with Crippen molar-refractivity contribution in [2.75, 3.05) is 31.5 Å². The fraction of sp³-hybridized carbons (Fsp3) is 0.417. The Morgan fingerprint density at radius 1 is 0.939 bits per heavy atom. The summed E-state index contributed by atoms with van der Waals surface area (Å²) in [5, 5.41) is 2.84. The fourth-order valence-corrected chi connectivity index (χ4v) is 5.95. The minimum atomic E-state index is -3.56. The van der Waals surface area contributed by atoms with E-state index in [1.54, 1.807) is 37.3 Å². The van der Waals surface area contributed by atoms with Crippen molar-refractivity contribution in [3.8, 4) is 0 Å². The van der Waals surface area contributed by atoms with Crippen LogP contribution < -0.4 is 11.1 Å². The lowest BCUT2D eigenvalue weighted by Crippen LogP contribution is -2.53. The van der Waals surface area contributed by atoms with E-state index in [4.69, 9.17) is 5.73 Å². The van der Waals surface area contributed by atoms with Gasteiger partial charge in [0, 0.05) is 37.4 Å². The van der Waals surface area contributed by atoms with Gasteiger partial charge in [0.1, 0.15) is 0 Å². The van der Waals surface area contributed by atoms with Gasteiger partial charge in [-0.1, -0.05) is 6.07 Å². The van der Waals surface area contributed by atoms with Gasteiger partial charge in [-0.15, -0.1) is 0 Å². The van der Waals surface area contributed by atoms with E-state index in [0.717, 1.165) is 31.2 Å². The third-order valence-electron chi connectivity index (χ3n) is 6.60. The van der Waals surface area contributed by atoms with E-state index in [9.17, 15) is 18.0 Å². The van der Waals surface area contributed by atoms with Crippen molar-refractivity contribution < 1.29 is 18.0 Å². The number of hydrogen-bond acceptors (Lipinski definition) is 5. The van der Waals surface area contributed by atoms with Crippen LogP contribution in [0, 0.1) is 0 Å². The molecule has 1 saturated heterocycles. The lowest BCUT2D eigenvalue weighted by molar-refractivity contribution is -0.121. The molecule has 0 aromatic heterocycles. The first kappa shape index (κ1) is 23.4. The molecule has 0 unspecified atom stereocenters. The Morgan fingerprint density at radius 2 is 1.58 bits per heavy atom. The van der Waals surface area contributed by atoms with Crippen LogP contribution >= 0.6 is 0 Å². The first-order chi connectivity index (χ1) is 15.8. The number of nitrogens with one attached hydrogen (secondary N) is 1. The highest BCUT2D eigenvalue weighted by atomic mass is 32.2. The molecule has 33 heavy (non-hydrogen) atoms. The predicted octanol–water partition coefficient (Wildman–Crippen LogP) is 2.00. The average molecular weight is 471 g/mol. The Bertz CT molecular complexity index is 1140. The summed E-state index contributed by atoms with van der Waals surface area (Å²) in [6.45, 7) is 3.42. The molecule has 1 fully saturated rings. The van der Waals surface area contributed by atoms with Crippen LogP contribution in [-0.4, -0.2) is 61.7 Å². The van der Waals surface area contributed by atoms with Crippen LogP contribution in [0.3, 0.4) is 0 Å². The molecule has 2 aliphatic rings. The molecule has 9 heteroatoms. The minimum absolute atomic E-state index is 0.187. The number of fused-ring (bicyclic) bond motifs is 1. The normalized spacial score (nSPS) is 18.3. The zero-order valence-electron chi connectivity index (χ0n) is 18.8. The number of anilines is 1. The van der Waals surface area contributed by atoms with Gasteiger partial charge < -0.3 is 11.1 Å². The van der Waals surface area contributed by atoms with Gasteiger partial charge in [0.2, 0.25) is 21.8 Å². The number of benzene rings is 2. The quantitative estimate of drug-likeness (QED) is 0.671. The maximum atomic E-state index is 13.2. The highest BCUT2D eigenvalue weighted by molar-refractivity contribution is 7.89. The van der Waals surface area contributed by atoms with Gasteiger partial charge in [-0.05, 0) is 80.1 Å². The number of carbonyl (C=O) groups is 2. The van der Waals surface area contributed by atoms with Crippen LogP contribution in [0.4, 0.5) is 5.69 Å². The molecule has 1 aliphatic heterocycles. The van der Waals surface area contributed by atoms with E-state index in [1.807, 2.05) is 17.0 Å². The molecule has 3 N–H and O–H groups in total. The topological polar surface area (TPSA) is 113 Å². The Balaban J connectivity index is 1.35. The summed E-state index contributed by atoms with van der Waals surface area (Å²) in [5.74, 6) is -0.711. The SMILES string of the molecule is C[C@H](C(=O)Nc1ccc(C(N)=O)cc1)N1CCN(S(=O)(=O)c2ccc3c(c2)CCCC3)CC1. The third kappa shape index (κ3) is 5.10. The standard InChI is InChI=1S/C24H30N4O4S/c1-17(24(30)26-21-9-6-19(7-10-21)23(25)29)27-12-14-28(15-13-27)33(31,32)22-11-8-18-4-2-3-5-20(18)16-22/h6-11,16-17H,2-5,12-15H2,1H3,(H2,25,29)(H,26,30)/t17-/m1/s1. The van der Waals surface area contributed by atoms with Crippen molar-refractivity contribution in [2.45, 2.75) is 43.5 Å². The number of hydrogen-bond donors (Lipinski definition) is 2. The van der Waals surface area contributed by atoms with Crippen molar-refractivity contribution in [1.82, 2.24) is 9.21 Å². The zero-order valence-corrected chi connectivity index (χ0v) is 19.6. The smallest absolute Gasteiger partial charge is 0.248 e. The second-order valence-corrected chi connectivity index (χ2v) is 10.6. The van der Waals surface area contributed by atoms with Crippen molar-refractivity contribution >= 4 is 27.5 Å². The number of primary amides is 1. The lowest BCUT2D eigenvalue weighted by atomic mass is 9.92. The molecule has 1 aliphatic carbocycles. The molecule has 0 spiro atoms. The monoisotopic (exact) mass is 470 g/mol. The molecule has 2 amide bonds. The first-order valence-corrected chi connectivity index (χ1v) is 12.8. The largest absolute Gasteiger partial charge is 0.366 e. The molecule has 1 atom stereocenters. The van der Waals surface area contributed by atoms with Crippen molar-refractivity contribution in [1.29, 1.82) is 0 Å². The number of nitrogens with two attached hydrogens (primary N) is 1. The minimum Gasteiger partial charge on any atom is -0.366 e. The summed E-state index contributed by atoms with van der Waals surface area (Å²) in [5.41, 5.74) is 8.59. The van der Waals surface area contributed by atoms with E-state index in [0.29, 0.717) is 42.3 Å². The molecule has 0 bridgehead atoms. The fourth-order valence-electron chi connectivity index (χ4n) is 4.48. The third-order valence-corrected chi connectivity index (χ3v) is 8.49. The number of aryl methyl sites for hydroxylation is 2. The van der Waals surface area contributed by atoms with Gasteiger partial charge in [0.15, 0.2) is 0 Å². The predicted molar refractivity (Wildman–Crippen MR) is 126 cm³/mol. The number of amides is 2. The van der Waals surface area contributed by atoms with Gasteiger partial charge in [-0.2, -0.15) is 4.31 Å². The average Bonchev–Trinajstić information content (AvgIpc) is 2.83. The molecule has 4 rings (SSSR count). The Kier molecular flexibility index (Phi) is 6.83. The molecular weight excluding hydrogens is 440 g/mol. The molecule has 8 nitrogen and oxygen atoms in total. The zero-order chi connectivity index (χ0) is 23.6. The van der Waals surface area contributed by atoms with Crippen molar-refractivity contribution in [3.63, 3.8) is 0 Å². The molecule has 176 valence electrons. The van der Waals surface area contributed by atoms with Gasteiger partial charge in [-0.25, -0.2) is 8.42 Å². The van der Waals surface area contributed by atoms with Gasteiger partial charge in [0.25, 0.3) is 0 Å². The number of rotatable bonds is 6. The van der Waals surface area contributed by atoms with E-state index < -0.39 is 22.0 Å². The summed E-state index contributed by atoms with van der Waals surface area (Å²) in [4.78, 5) is 26.2. The Hall–Kier alpha value is -2.75. The highest BCUT2D eigenvalue weighted by Gasteiger charge is 2.32. The summed E-state index contributed by atoms with van der Waals surface area (Å²) in [6.07, 6.45) is 4.21. The number of sulfonamides is 1. The first-order valence-electron chi connectivity index (χ1n) is 11.3.